The Balaban J connectivity index is 2.04. The number of benzene rings is 1. The Hall–Kier alpha value is -1.12. The quantitative estimate of drug-likeness (QED) is 0.803. The second kappa shape index (κ2) is 4.81. The van der Waals surface area contributed by atoms with Crippen LogP contribution in [0.5, 0.6) is 0 Å². The molecule has 88 valence electrons. The van der Waals surface area contributed by atoms with Crippen molar-refractivity contribution in [2.24, 2.45) is 5.92 Å². The third-order valence-electron chi connectivity index (χ3n) is 3.33. The van der Waals surface area contributed by atoms with E-state index in [9.17, 15) is 8.78 Å². The minimum absolute atomic E-state index is 0.0297. The van der Waals surface area contributed by atoms with Gasteiger partial charge in [0.25, 0.3) is 0 Å². The largest absolute Gasteiger partial charge is 0.378 e. The van der Waals surface area contributed by atoms with Gasteiger partial charge in [-0.1, -0.05) is 13.0 Å². The average molecular weight is 225 g/mol. The monoisotopic (exact) mass is 225 g/mol. The Morgan fingerprint density at radius 3 is 2.19 bits per heavy atom. The van der Waals surface area contributed by atoms with E-state index < -0.39 is 11.6 Å². The topological polar surface area (TPSA) is 12.0 Å². The minimum Gasteiger partial charge on any atom is -0.378 e. The highest BCUT2D eigenvalue weighted by atomic mass is 19.1. The molecular formula is C13H17F2N. The van der Waals surface area contributed by atoms with Crippen LogP contribution in [-0.4, -0.2) is 6.04 Å². The zero-order chi connectivity index (χ0) is 11.5. The first-order chi connectivity index (χ1) is 7.66. The van der Waals surface area contributed by atoms with Crippen LogP contribution in [-0.2, 0) is 0 Å². The Bertz CT molecular complexity index is 337. The van der Waals surface area contributed by atoms with Gasteiger partial charge in [0.05, 0.1) is 0 Å². The number of hydrogen-bond acceptors (Lipinski definition) is 1. The molecule has 2 rings (SSSR count). The Labute approximate surface area is 94.9 Å². The fourth-order valence-corrected chi connectivity index (χ4v) is 2.24. The molecule has 1 fully saturated rings. The summed E-state index contributed by atoms with van der Waals surface area (Å²) in [7, 11) is 0. The molecule has 0 amide bonds. The molecule has 0 aliphatic heterocycles. The van der Waals surface area contributed by atoms with E-state index in [1.807, 2.05) is 0 Å². The predicted octanol–water partition coefficient (Wildman–Crippen LogP) is 3.96. The van der Waals surface area contributed by atoms with Gasteiger partial charge in [0.2, 0.25) is 0 Å². The highest BCUT2D eigenvalue weighted by Crippen LogP contribution is 2.27. The van der Waals surface area contributed by atoms with E-state index in [1.54, 1.807) is 0 Å². The second-order valence-electron chi connectivity index (χ2n) is 4.70. The Kier molecular flexibility index (Phi) is 3.42. The lowest BCUT2D eigenvalue weighted by atomic mass is 9.87. The van der Waals surface area contributed by atoms with Crippen LogP contribution < -0.4 is 5.32 Å². The normalized spacial score (nSPS) is 25.4. The molecule has 1 aromatic rings. The van der Waals surface area contributed by atoms with Crippen molar-refractivity contribution in [3.8, 4) is 0 Å². The summed E-state index contributed by atoms with van der Waals surface area (Å²) >= 11 is 0. The lowest BCUT2D eigenvalue weighted by Crippen LogP contribution is -2.26. The SMILES string of the molecule is CC1CCC(Nc2c(F)cccc2F)CC1. The van der Waals surface area contributed by atoms with Gasteiger partial charge in [0.15, 0.2) is 0 Å². The first kappa shape index (κ1) is 11.4. The highest BCUT2D eigenvalue weighted by molar-refractivity contribution is 5.46. The van der Waals surface area contributed by atoms with Gasteiger partial charge in [0, 0.05) is 6.04 Å². The number of anilines is 1. The fraction of sp³-hybridized carbons (Fsp3) is 0.538. The molecule has 0 unspecified atom stereocenters. The van der Waals surface area contributed by atoms with E-state index in [0.717, 1.165) is 31.6 Å². The molecule has 0 heterocycles. The lowest BCUT2D eigenvalue weighted by molar-refractivity contribution is 0.359. The molecule has 0 saturated heterocycles. The van der Waals surface area contributed by atoms with Crippen molar-refractivity contribution in [3.63, 3.8) is 0 Å². The van der Waals surface area contributed by atoms with Gasteiger partial charge < -0.3 is 5.32 Å². The number of rotatable bonds is 2. The van der Waals surface area contributed by atoms with E-state index in [-0.39, 0.29) is 11.7 Å². The summed E-state index contributed by atoms with van der Waals surface area (Å²) in [6, 6.07) is 4.18. The van der Waals surface area contributed by atoms with Gasteiger partial charge in [0.1, 0.15) is 17.3 Å². The first-order valence-corrected chi connectivity index (χ1v) is 5.87. The Morgan fingerprint density at radius 2 is 1.62 bits per heavy atom. The molecule has 0 atom stereocenters. The van der Waals surface area contributed by atoms with Crippen LogP contribution >= 0.6 is 0 Å². The predicted molar refractivity (Wildman–Crippen MR) is 61.4 cm³/mol. The summed E-state index contributed by atoms with van der Waals surface area (Å²) < 4.78 is 26.8. The summed E-state index contributed by atoms with van der Waals surface area (Å²) in [5, 5.41) is 2.99. The average Bonchev–Trinajstić information content (AvgIpc) is 2.26. The summed E-state index contributed by atoms with van der Waals surface area (Å²) in [5.41, 5.74) is 0.0297. The van der Waals surface area contributed by atoms with Gasteiger partial charge in [-0.2, -0.15) is 0 Å². The van der Waals surface area contributed by atoms with E-state index in [1.165, 1.54) is 18.2 Å². The fourth-order valence-electron chi connectivity index (χ4n) is 2.24. The minimum atomic E-state index is -0.501. The van der Waals surface area contributed by atoms with Crippen molar-refractivity contribution >= 4 is 5.69 Å². The number of para-hydroxylation sites is 1. The number of nitrogens with one attached hydrogen (secondary N) is 1. The molecule has 3 heteroatoms. The molecule has 1 nitrogen and oxygen atoms in total. The zero-order valence-corrected chi connectivity index (χ0v) is 9.47. The maximum atomic E-state index is 13.4. The number of hydrogen-bond donors (Lipinski definition) is 1. The molecule has 1 aromatic carbocycles. The van der Waals surface area contributed by atoms with Crippen molar-refractivity contribution in [1.82, 2.24) is 0 Å². The van der Waals surface area contributed by atoms with Crippen molar-refractivity contribution in [1.29, 1.82) is 0 Å². The van der Waals surface area contributed by atoms with Crippen LogP contribution in [0.15, 0.2) is 18.2 Å². The number of halogens is 2. The van der Waals surface area contributed by atoms with Crippen molar-refractivity contribution in [2.75, 3.05) is 5.32 Å². The van der Waals surface area contributed by atoms with Crippen LogP contribution in [0.25, 0.3) is 0 Å². The highest BCUT2D eigenvalue weighted by Gasteiger charge is 2.20. The smallest absolute Gasteiger partial charge is 0.149 e. The van der Waals surface area contributed by atoms with Gasteiger partial charge in [-0.15, -0.1) is 0 Å². The molecule has 16 heavy (non-hydrogen) atoms. The van der Waals surface area contributed by atoms with E-state index in [0.29, 0.717) is 0 Å². The first-order valence-electron chi connectivity index (χ1n) is 5.87. The molecule has 1 aliphatic rings. The molecular weight excluding hydrogens is 208 g/mol. The summed E-state index contributed by atoms with van der Waals surface area (Å²) in [5.74, 6) is -0.263. The van der Waals surface area contributed by atoms with E-state index in [2.05, 4.69) is 12.2 Å². The van der Waals surface area contributed by atoms with Crippen LogP contribution in [0.1, 0.15) is 32.6 Å². The third-order valence-corrected chi connectivity index (χ3v) is 3.33. The molecule has 1 N–H and O–H groups in total. The zero-order valence-electron chi connectivity index (χ0n) is 9.47. The van der Waals surface area contributed by atoms with Crippen molar-refractivity contribution in [3.05, 3.63) is 29.8 Å². The molecule has 1 aliphatic carbocycles. The van der Waals surface area contributed by atoms with Crippen molar-refractivity contribution in [2.45, 2.75) is 38.6 Å². The maximum absolute atomic E-state index is 13.4. The van der Waals surface area contributed by atoms with Gasteiger partial charge >= 0.3 is 0 Å². The molecule has 1 saturated carbocycles. The van der Waals surface area contributed by atoms with Crippen LogP contribution in [0.4, 0.5) is 14.5 Å². The molecule has 0 bridgehead atoms. The van der Waals surface area contributed by atoms with Crippen LogP contribution in [0, 0.1) is 17.6 Å². The summed E-state index contributed by atoms with van der Waals surface area (Å²) in [6.45, 7) is 2.22. The van der Waals surface area contributed by atoms with E-state index >= 15 is 0 Å². The second-order valence-corrected chi connectivity index (χ2v) is 4.70. The molecule has 0 radical (unpaired) electrons. The Morgan fingerprint density at radius 1 is 1.06 bits per heavy atom. The lowest BCUT2D eigenvalue weighted by Gasteiger charge is -2.27. The standard InChI is InChI=1S/C13H17F2N/c1-9-5-7-10(8-6-9)16-13-11(14)3-2-4-12(13)15/h2-4,9-10,16H,5-8H2,1H3. The van der Waals surface area contributed by atoms with Gasteiger partial charge in [-0.05, 0) is 43.7 Å². The van der Waals surface area contributed by atoms with Crippen LogP contribution in [0.3, 0.4) is 0 Å². The van der Waals surface area contributed by atoms with Gasteiger partial charge in [-0.25, -0.2) is 8.78 Å². The summed E-state index contributed by atoms with van der Waals surface area (Å²) in [6.07, 6.45) is 4.26. The molecule has 0 aromatic heterocycles. The molecule has 0 spiro atoms. The summed E-state index contributed by atoms with van der Waals surface area (Å²) in [4.78, 5) is 0. The van der Waals surface area contributed by atoms with Crippen LogP contribution in [0.2, 0.25) is 0 Å². The van der Waals surface area contributed by atoms with E-state index in [4.69, 9.17) is 0 Å². The van der Waals surface area contributed by atoms with Gasteiger partial charge in [-0.3, -0.25) is 0 Å². The third kappa shape index (κ3) is 2.52. The van der Waals surface area contributed by atoms with Crippen molar-refractivity contribution < 1.29 is 8.78 Å². The maximum Gasteiger partial charge on any atom is 0.149 e.